The lowest BCUT2D eigenvalue weighted by molar-refractivity contribution is -0.123. The number of benzene rings is 1. The molecule has 0 bridgehead atoms. The molecule has 0 aliphatic carbocycles. The van der Waals surface area contributed by atoms with Crippen molar-refractivity contribution >= 4 is 17.5 Å². The molecule has 0 radical (unpaired) electrons. The summed E-state index contributed by atoms with van der Waals surface area (Å²) in [5.74, 6) is 0.0405. The first-order valence-electron chi connectivity index (χ1n) is 10.1. The minimum absolute atomic E-state index is 0.0405. The molecule has 1 amide bonds. The number of aliphatic hydroxyl groups excluding tert-OH is 1. The zero-order chi connectivity index (χ0) is 18.8. The highest BCUT2D eigenvalue weighted by molar-refractivity contribution is 6.30. The maximum atomic E-state index is 12.4. The van der Waals surface area contributed by atoms with Crippen LogP contribution in [0, 0.1) is 0 Å². The first-order valence-corrected chi connectivity index (χ1v) is 10.4. The number of hydrogen-bond donors (Lipinski definition) is 2. The Morgan fingerprint density at radius 3 is 2.46 bits per heavy atom. The van der Waals surface area contributed by atoms with Crippen LogP contribution in [0.1, 0.15) is 70.0 Å². The lowest BCUT2D eigenvalue weighted by Gasteiger charge is -2.29. The number of carbonyl (C=O) groups is 1. The Bertz CT molecular complexity index is 529. The number of aliphatic hydroxyl groups is 1. The van der Waals surface area contributed by atoms with Crippen LogP contribution in [0.3, 0.4) is 0 Å². The van der Waals surface area contributed by atoms with Crippen LogP contribution in [0.4, 0.5) is 0 Å². The lowest BCUT2D eigenvalue weighted by Crippen LogP contribution is -2.46. The smallest absolute Gasteiger partial charge is 0.220 e. The van der Waals surface area contributed by atoms with Crippen molar-refractivity contribution < 1.29 is 9.90 Å². The van der Waals surface area contributed by atoms with Gasteiger partial charge in [-0.15, -0.1) is 0 Å². The van der Waals surface area contributed by atoms with Crippen molar-refractivity contribution in [1.82, 2.24) is 10.2 Å². The molecule has 2 atom stereocenters. The van der Waals surface area contributed by atoms with E-state index in [1.165, 1.54) is 32.1 Å². The first-order chi connectivity index (χ1) is 12.6. The van der Waals surface area contributed by atoms with E-state index in [9.17, 15) is 9.90 Å². The molecule has 1 fully saturated rings. The quantitative estimate of drug-likeness (QED) is 0.562. The largest absolute Gasteiger partial charge is 0.386 e. The third-order valence-electron chi connectivity index (χ3n) is 5.10. The van der Waals surface area contributed by atoms with Gasteiger partial charge in [-0.05, 0) is 50.0 Å². The molecule has 1 saturated heterocycles. The minimum atomic E-state index is -0.725. The molecular weight excluding hydrogens is 348 g/mol. The molecule has 0 spiro atoms. The molecule has 26 heavy (non-hydrogen) atoms. The van der Waals surface area contributed by atoms with Gasteiger partial charge in [-0.1, -0.05) is 56.3 Å². The minimum Gasteiger partial charge on any atom is -0.386 e. The second kappa shape index (κ2) is 11.6. The summed E-state index contributed by atoms with van der Waals surface area (Å²) in [5.41, 5.74) is 0.793. The fourth-order valence-corrected chi connectivity index (χ4v) is 3.65. The first kappa shape index (κ1) is 21.2. The van der Waals surface area contributed by atoms with Gasteiger partial charge in [0.15, 0.2) is 0 Å². The summed E-state index contributed by atoms with van der Waals surface area (Å²) >= 11 is 5.95. The number of amides is 1. The summed E-state index contributed by atoms with van der Waals surface area (Å²) in [6.07, 6.45) is 7.83. The molecule has 0 aromatic heterocycles. The topological polar surface area (TPSA) is 52.6 Å². The van der Waals surface area contributed by atoms with Crippen LogP contribution in [0.5, 0.6) is 0 Å². The number of carbonyl (C=O) groups excluding carboxylic acids is 1. The van der Waals surface area contributed by atoms with Gasteiger partial charge in [-0.2, -0.15) is 0 Å². The summed E-state index contributed by atoms with van der Waals surface area (Å²) in [6.45, 7) is 4.95. The van der Waals surface area contributed by atoms with Crippen molar-refractivity contribution in [2.24, 2.45) is 0 Å². The Kier molecular flexibility index (Phi) is 9.44. The summed E-state index contributed by atoms with van der Waals surface area (Å²) in [4.78, 5) is 14.7. The molecule has 2 rings (SSSR count). The number of nitrogens with one attached hydrogen (secondary N) is 1. The molecule has 1 aromatic carbocycles. The predicted octanol–water partition coefficient (Wildman–Crippen LogP) is 4.31. The Morgan fingerprint density at radius 2 is 1.81 bits per heavy atom. The van der Waals surface area contributed by atoms with Crippen LogP contribution >= 0.6 is 11.6 Å². The summed E-state index contributed by atoms with van der Waals surface area (Å²) in [7, 11) is 0. The standard InChI is InChI=1S/C21H33ClN2O2/c1-2-3-4-5-6-9-20(25)23-19(16-24-14-7-8-15-24)21(26)17-10-12-18(22)13-11-17/h10-13,19,21,26H,2-9,14-16H2,1H3,(H,23,25). The molecule has 1 aliphatic heterocycles. The Hall–Kier alpha value is -1.10. The van der Waals surface area contributed by atoms with Gasteiger partial charge in [0.1, 0.15) is 6.10 Å². The van der Waals surface area contributed by atoms with Crippen molar-refractivity contribution in [3.05, 3.63) is 34.9 Å². The molecular formula is C21H33ClN2O2. The predicted molar refractivity (Wildman–Crippen MR) is 107 cm³/mol. The van der Waals surface area contributed by atoms with Crippen molar-refractivity contribution in [3.8, 4) is 0 Å². The van der Waals surface area contributed by atoms with Crippen LogP contribution in [-0.2, 0) is 4.79 Å². The van der Waals surface area contributed by atoms with Crippen LogP contribution in [-0.4, -0.2) is 41.6 Å². The summed E-state index contributed by atoms with van der Waals surface area (Å²) in [6, 6.07) is 6.94. The van der Waals surface area contributed by atoms with Crippen LogP contribution in [0.15, 0.2) is 24.3 Å². The van der Waals surface area contributed by atoms with Gasteiger partial charge >= 0.3 is 0 Å². The fourth-order valence-electron chi connectivity index (χ4n) is 3.53. The van der Waals surface area contributed by atoms with Crippen molar-refractivity contribution in [2.45, 2.75) is 70.4 Å². The van der Waals surface area contributed by atoms with E-state index >= 15 is 0 Å². The van der Waals surface area contributed by atoms with E-state index < -0.39 is 6.10 Å². The number of nitrogens with zero attached hydrogens (tertiary/aromatic N) is 1. The molecule has 0 saturated carbocycles. The Morgan fingerprint density at radius 1 is 1.15 bits per heavy atom. The van der Waals surface area contributed by atoms with Crippen molar-refractivity contribution in [1.29, 1.82) is 0 Å². The zero-order valence-corrected chi connectivity index (χ0v) is 16.7. The average Bonchev–Trinajstić information content (AvgIpc) is 3.14. The Labute approximate surface area is 162 Å². The zero-order valence-electron chi connectivity index (χ0n) is 15.9. The number of likely N-dealkylation sites (tertiary alicyclic amines) is 1. The fraction of sp³-hybridized carbons (Fsp3) is 0.667. The van der Waals surface area contributed by atoms with Crippen LogP contribution in [0.25, 0.3) is 0 Å². The molecule has 1 aliphatic rings. The van der Waals surface area contributed by atoms with E-state index in [2.05, 4.69) is 17.1 Å². The van der Waals surface area contributed by atoms with Crippen molar-refractivity contribution in [3.63, 3.8) is 0 Å². The van der Waals surface area contributed by atoms with Gasteiger partial charge in [0.25, 0.3) is 0 Å². The third-order valence-corrected chi connectivity index (χ3v) is 5.35. The maximum absolute atomic E-state index is 12.4. The average molecular weight is 381 g/mol. The number of rotatable bonds is 11. The molecule has 2 unspecified atom stereocenters. The van der Waals surface area contributed by atoms with Gasteiger partial charge in [-0.3, -0.25) is 4.79 Å². The molecule has 1 heterocycles. The number of hydrogen-bond acceptors (Lipinski definition) is 3. The number of unbranched alkanes of at least 4 members (excludes halogenated alkanes) is 4. The summed E-state index contributed by atoms with van der Waals surface area (Å²) in [5, 5.41) is 14.6. The molecule has 4 nitrogen and oxygen atoms in total. The molecule has 5 heteroatoms. The molecule has 2 N–H and O–H groups in total. The van der Waals surface area contributed by atoms with Gasteiger partial charge in [0.05, 0.1) is 6.04 Å². The van der Waals surface area contributed by atoms with E-state index in [-0.39, 0.29) is 11.9 Å². The lowest BCUT2D eigenvalue weighted by atomic mass is 10.0. The second-order valence-corrected chi connectivity index (χ2v) is 7.78. The molecule has 1 aromatic rings. The summed E-state index contributed by atoms with van der Waals surface area (Å²) < 4.78 is 0. The van der Waals surface area contributed by atoms with E-state index in [1.807, 2.05) is 12.1 Å². The molecule has 146 valence electrons. The van der Waals surface area contributed by atoms with Crippen LogP contribution in [0.2, 0.25) is 5.02 Å². The third kappa shape index (κ3) is 7.26. The van der Waals surface area contributed by atoms with Gasteiger partial charge in [0, 0.05) is 18.0 Å². The highest BCUT2D eigenvalue weighted by Gasteiger charge is 2.26. The van der Waals surface area contributed by atoms with Gasteiger partial charge in [-0.25, -0.2) is 0 Å². The second-order valence-electron chi connectivity index (χ2n) is 7.34. The Balaban J connectivity index is 1.91. The van der Waals surface area contributed by atoms with E-state index in [0.29, 0.717) is 18.0 Å². The number of halogens is 1. The maximum Gasteiger partial charge on any atom is 0.220 e. The van der Waals surface area contributed by atoms with Gasteiger partial charge in [0.2, 0.25) is 5.91 Å². The monoisotopic (exact) mass is 380 g/mol. The van der Waals surface area contributed by atoms with E-state index in [0.717, 1.165) is 31.5 Å². The van der Waals surface area contributed by atoms with Crippen molar-refractivity contribution in [2.75, 3.05) is 19.6 Å². The highest BCUT2D eigenvalue weighted by atomic mass is 35.5. The van der Waals surface area contributed by atoms with Crippen LogP contribution < -0.4 is 5.32 Å². The normalized spacial score (nSPS) is 17.2. The van der Waals surface area contributed by atoms with E-state index in [4.69, 9.17) is 11.6 Å². The van der Waals surface area contributed by atoms with Gasteiger partial charge < -0.3 is 15.3 Å². The SMILES string of the molecule is CCCCCCCC(=O)NC(CN1CCCC1)C(O)c1ccc(Cl)cc1. The highest BCUT2D eigenvalue weighted by Crippen LogP contribution is 2.21. The van der Waals surface area contributed by atoms with E-state index in [1.54, 1.807) is 12.1 Å².